The Morgan fingerprint density at radius 1 is 1.27 bits per heavy atom. The lowest BCUT2D eigenvalue weighted by Crippen LogP contribution is -2.18. The van der Waals surface area contributed by atoms with E-state index in [4.69, 9.17) is 4.74 Å². The van der Waals surface area contributed by atoms with E-state index in [2.05, 4.69) is 33.0 Å². The smallest absolute Gasteiger partial charge is 0.163 e. The monoisotopic (exact) mass is 297 g/mol. The van der Waals surface area contributed by atoms with Gasteiger partial charge in [-0.3, -0.25) is 4.68 Å². The highest BCUT2D eigenvalue weighted by Gasteiger charge is 2.14. The van der Waals surface area contributed by atoms with E-state index in [0.29, 0.717) is 6.54 Å². The summed E-state index contributed by atoms with van der Waals surface area (Å²) in [6.07, 6.45) is 3.37. The van der Waals surface area contributed by atoms with Gasteiger partial charge < -0.3 is 9.64 Å². The van der Waals surface area contributed by atoms with Crippen LogP contribution >= 0.6 is 0 Å². The van der Waals surface area contributed by atoms with Gasteiger partial charge in [-0.25, -0.2) is 9.97 Å². The molecule has 0 fully saturated rings. The first-order chi connectivity index (χ1) is 10.6. The molecule has 22 heavy (non-hydrogen) atoms. The predicted molar refractivity (Wildman–Crippen MR) is 86.1 cm³/mol. The molecule has 0 spiro atoms. The highest BCUT2D eigenvalue weighted by atomic mass is 16.5. The summed E-state index contributed by atoms with van der Waals surface area (Å²) in [4.78, 5) is 10.8. The van der Waals surface area contributed by atoms with Crippen molar-refractivity contribution in [3.63, 3.8) is 0 Å². The predicted octanol–water partition coefficient (Wildman–Crippen LogP) is 2.32. The molecule has 3 aromatic rings. The lowest BCUT2D eigenvalue weighted by Gasteiger charge is -2.20. The number of hydrogen-bond acceptors (Lipinski definition) is 5. The van der Waals surface area contributed by atoms with E-state index >= 15 is 0 Å². The van der Waals surface area contributed by atoms with Crippen LogP contribution in [0.5, 0.6) is 5.75 Å². The zero-order chi connectivity index (χ0) is 15.7. The molecule has 0 N–H and O–H groups in total. The Balaban J connectivity index is 1.97. The average molecular weight is 297 g/mol. The second kappa shape index (κ2) is 5.63. The van der Waals surface area contributed by atoms with Crippen molar-refractivity contribution in [3.8, 4) is 5.75 Å². The summed E-state index contributed by atoms with van der Waals surface area (Å²) < 4.78 is 7.20. The highest BCUT2D eigenvalue weighted by molar-refractivity contribution is 5.86. The maximum atomic E-state index is 5.45. The topological polar surface area (TPSA) is 56.1 Å². The molecule has 2 aromatic heterocycles. The van der Waals surface area contributed by atoms with E-state index in [1.54, 1.807) is 24.3 Å². The summed E-state index contributed by atoms with van der Waals surface area (Å²) in [5.74, 6) is 1.75. The molecule has 2 heterocycles. The van der Waals surface area contributed by atoms with Crippen LogP contribution in [0.15, 0.2) is 30.7 Å². The van der Waals surface area contributed by atoms with Crippen molar-refractivity contribution in [3.05, 3.63) is 41.9 Å². The van der Waals surface area contributed by atoms with Crippen molar-refractivity contribution < 1.29 is 4.74 Å². The summed E-state index contributed by atoms with van der Waals surface area (Å²) in [5.41, 5.74) is 3.16. The molecule has 0 aliphatic carbocycles. The van der Waals surface area contributed by atoms with Gasteiger partial charge in [0, 0.05) is 26.2 Å². The van der Waals surface area contributed by atoms with Crippen LogP contribution in [0.3, 0.4) is 0 Å². The van der Waals surface area contributed by atoms with E-state index in [-0.39, 0.29) is 0 Å². The Morgan fingerprint density at radius 2 is 2.09 bits per heavy atom. The fourth-order valence-electron chi connectivity index (χ4n) is 2.62. The van der Waals surface area contributed by atoms with Gasteiger partial charge in [-0.2, -0.15) is 5.10 Å². The second-order valence-electron chi connectivity index (χ2n) is 5.37. The van der Waals surface area contributed by atoms with E-state index < -0.39 is 0 Å². The second-order valence-corrected chi connectivity index (χ2v) is 5.37. The van der Waals surface area contributed by atoms with Gasteiger partial charge in [0.2, 0.25) is 0 Å². The number of benzene rings is 1. The number of rotatable bonds is 4. The first-order valence-corrected chi connectivity index (χ1v) is 7.07. The van der Waals surface area contributed by atoms with Crippen LogP contribution in [0.1, 0.15) is 11.1 Å². The number of ether oxygens (including phenoxy) is 1. The van der Waals surface area contributed by atoms with Gasteiger partial charge in [0.15, 0.2) is 5.65 Å². The molecule has 0 aliphatic rings. The van der Waals surface area contributed by atoms with Crippen LogP contribution in [0, 0.1) is 6.92 Å². The van der Waals surface area contributed by atoms with Crippen molar-refractivity contribution in [2.75, 3.05) is 19.1 Å². The SMILES string of the molecule is COc1ccc(C)cc1CN(C)c1ncnc2c1cnn2C. The zero-order valence-corrected chi connectivity index (χ0v) is 13.2. The molecule has 0 unspecified atom stereocenters. The molecule has 3 rings (SSSR count). The number of aromatic nitrogens is 4. The minimum absolute atomic E-state index is 0.700. The fraction of sp³-hybridized carbons (Fsp3) is 0.312. The molecule has 0 saturated carbocycles. The molecule has 0 bridgehead atoms. The molecule has 0 radical (unpaired) electrons. The van der Waals surface area contributed by atoms with E-state index in [1.807, 2.05) is 26.2 Å². The van der Waals surface area contributed by atoms with Crippen molar-refractivity contribution in [1.82, 2.24) is 19.7 Å². The molecule has 114 valence electrons. The molecule has 0 atom stereocenters. The van der Waals surface area contributed by atoms with Crippen LogP contribution in [0.4, 0.5) is 5.82 Å². The van der Waals surface area contributed by atoms with Crippen LogP contribution in [-0.4, -0.2) is 33.9 Å². The van der Waals surface area contributed by atoms with Gasteiger partial charge in [0.25, 0.3) is 0 Å². The first-order valence-electron chi connectivity index (χ1n) is 7.07. The quantitative estimate of drug-likeness (QED) is 0.739. The third-order valence-electron chi connectivity index (χ3n) is 3.71. The van der Waals surface area contributed by atoms with Crippen molar-refractivity contribution in [2.45, 2.75) is 13.5 Å². The van der Waals surface area contributed by atoms with Gasteiger partial charge in [-0.1, -0.05) is 17.7 Å². The Kier molecular flexibility index (Phi) is 3.66. The van der Waals surface area contributed by atoms with E-state index in [1.165, 1.54) is 5.56 Å². The molecule has 0 aliphatic heterocycles. The fourth-order valence-corrected chi connectivity index (χ4v) is 2.62. The summed E-state index contributed by atoms with van der Waals surface area (Å²) in [7, 11) is 5.58. The maximum Gasteiger partial charge on any atom is 0.163 e. The van der Waals surface area contributed by atoms with Gasteiger partial charge in [0.05, 0.1) is 18.7 Å². The Morgan fingerprint density at radius 3 is 2.86 bits per heavy atom. The number of fused-ring (bicyclic) bond motifs is 1. The minimum Gasteiger partial charge on any atom is -0.496 e. The van der Waals surface area contributed by atoms with Crippen molar-refractivity contribution >= 4 is 16.9 Å². The van der Waals surface area contributed by atoms with Crippen LogP contribution < -0.4 is 9.64 Å². The third-order valence-corrected chi connectivity index (χ3v) is 3.71. The molecule has 6 heteroatoms. The van der Waals surface area contributed by atoms with E-state index in [0.717, 1.165) is 28.2 Å². The third kappa shape index (κ3) is 2.47. The molecule has 0 amide bonds. The molecule has 1 aromatic carbocycles. The standard InChI is InChI=1S/C16H19N5O/c1-11-5-6-14(22-4)12(7-11)9-20(2)15-13-8-19-21(3)16(13)18-10-17-15/h5-8,10H,9H2,1-4H3. The lowest BCUT2D eigenvalue weighted by molar-refractivity contribution is 0.409. The summed E-state index contributed by atoms with van der Waals surface area (Å²) in [5, 5.41) is 5.20. The number of hydrogen-bond donors (Lipinski definition) is 0. The number of nitrogens with zero attached hydrogens (tertiary/aromatic N) is 5. The van der Waals surface area contributed by atoms with Crippen LogP contribution in [-0.2, 0) is 13.6 Å². The van der Waals surface area contributed by atoms with E-state index in [9.17, 15) is 0 Å². The van der Waals surface area contributed by atoms with Gasteiger partial charge >= 0.3 is 0 Å². The number of aryl methyl sites for hydroxylation is 2. The number of methoxy groups -OCH3 is 1. The van der Waals surface area contributed by atoms with Crippen molar-refractivity contribution in [1.29, 1.82) is 0 Å². The molecular weight excluding hydrogens is 278 g/mol. The largest absolute Gasteiger partial charge is 0.496 e. The summed E-state index contributed by atoms with van der Waals surface area (Å²) in [6, 6.07) is 6.18. The molecule has 0 saturated heterocycles. The van der Waals surface area contributed by atoms with Crippen LogP contribution in [0.2, 0.25) is 0 Å². The number of anilines is 1. The Hall–Kier alpha value is -2.63. The van der Waals surface area contributed by atoms with Gasteiger partial charge in [-0.05, 0) is 13.0 Å². The van der Waals surface area contributed by atoms with Crippen LogP contribution in [0.25, 0.3) is 11.0 Å². The van der Waals surface area contributed by atoms with Gasteiger partial charge in [0.1, 0.15) is 17.9 Å². The Labute approximate surface area is 129 Å². The Bertz CT molecular complexity index is 811. The van der Waals surface area contributed by atoms with Crippen molar-refractivity contribution in [2.24, 2.45) is 7.05 Å². The summed E-state index contributed by atoms with van der Waals surface area (Å²) >= 11 is 0. The first kappa shape index (κ1) is 14.3. The minimum atomic E-state index is 0.700. The average Bonchev–Trinajstić information content (AvgIpc) is 2.89. The normalized spacial score (nSPS) is 10.9. The maximum absolute atomic E-state index is 5.45. The molecule has 6 nitrogen and oxygen atoms in total. The molecular formula is C16H19N5O. The lowest BCUT2D eigenvalue weighted by atomic mass is 10.1. The van der Waals surface area contributed by atoms with Gasteiger partial charge in [-0.15, -0.1) is 0 Å². The summed E-state index contributed by atoms with van der Waals surface area (Å²) in [6.45, 7) is 2.78. The highest BCUT2D eigenvalue weighted by Crippen LogP contribution is 2.26. The zero-order valence-electron chi connectivity index (χ0n) is 13.2.